The predicted molar refractivity (Wildman–Crippen MR) is 116 cm³/mol. The summed E-state index contributed by atoms with van der Waals surface area (Å²) >= 11 is 0. The van der Waals surface area contributed by atoms with Crippen LogP contribution in [0.1, 0.15) is 30.4 Å². The van der Waals surface area contributed by atoms with Gasteiger partial charge in [0, 0.05) is 32.6 Å². The van der Waals surface area contributed by atoms with Gasteiger partial charge in [0.2, 0.25) is 18.6 Å². The quantitative estimate of drug-likeness (QED) is 0.745. The third kappa shape index (κ3) is 4.38. The summed E-state index contributed by atoms with van der Waals surface area (Å²) in [4.78, 5) is 29.4. The molecule has 6 heteroatoms. The molecule has 2 aromatic rings. The first-order chi connectivity index (χ1) is 15.2. The zero-order valence-corrected chi connectivity index (χ0v) is 17.7. The summed E-state index contributed by atoms with van der Waals surface area (Å²) in [6, 6.07) is 16.3. The highest BCUT2D eigenvalue weighted by atomic mass is 16.7. The topological polar surface area (TPSA) is 59.1 Å². The number of hydrogen-bond acceptors (Lipinski definition) is 4. The molecule has 2 aromatic carbocycles. The van der Waals surface area contributed by atoms with E-state index in [0.29, 0.717) is 25.4 Å². The van der Waals surface area contributed by atoms with Crippen LogP contribution in [0.15, 0.2) is 48.5 Å². The van der Waals surface area contributed by atoms with Gasteiger partial charge in [-0.2, -0.15) is 0 Å². The van der Waals surface area contributed by atoms with E-state index in [9.17, 15) is 9.59 Å². The smallest absolute Gasteiger partial charge is 0.231 e. The SMILES string of the molecule is O=C1CC(C(=O)N2CCC(Cc3ccccc3)CC2)CN1Cc1ccc2c(c1)OCO2. The van der Waals surface area contributed by atoms with Gasteiger partial charge in [-0.1, -0.05) is 36.4 Å². The fraction of sp³-hybridized carbons (Fsp3) is 0.440. The second kappa shape index (κ2) is 8.61. The number of amides is 2. The van der Waals surface area contributed by atoms with E-state index in [1.54, 1.807) is 4.90 Å². The summed E-state index contributed by atoms with van der Waals surface area (Å²) in [6.45, 7) is 2.82. The minimum atomic E-state index is -0.229. The lowest BCUT2D eigenvalue weighted by Crippen LogP contribution is -2.42. The first-order valence-electron chi connectivity index (χ1n) is 11.1. The molecule has 0 aromatic heterocycles. The van der Waals surface area contributed by atoms with Crippen molar-refractivity contribution < 1.29 is 19.1 Å². The van der Waals surface area contributed by atoms with Gasteiger partial charge in [0.15, 0.2) is 11.5 Å². The van der Waals surface area contributed by atoms with E-state index in [1.807, 2.05) is 29.2 Å². The van der Waals surface area contributed by atoms with Crippen molar-refractivity contribution in [1.82, 2.24) is 9.80 Å². The van der Waals surface area contributed by atoms with Crippen molar-refractivity contribution in [1.29, 1.82) is 0 Å². The lowest BCUT2D eigenvalue weighted by molar-refractivity contribution is -0.137. The third-order valence-electron chi connectivity index (χ3n) is 6.67. The summed E-state index contributed by atoms with van der Waals surface area (Å²) in [7, 11) is 0. The van der Waals surface area contributed by atoms with Crippen molar-refractivity contribution in [3.63, 3.8) is 0 Å². The van der Waals surface area contributed by atoms with Gasteiger partial charge in [0.25, 0.3) is 0 Å². The standard InChI is InChI=1S/C25H28N2O4/c28-24-14-21(16-27(24)15-20-6-7-22-23(13-20)31-17-30-22)25(29)26-10-8-19(9-11-26)12-18-4-2-1-3-5-18/h1-7,13,19,21H,8-12,14-17H2. The molecule has 0 spiro atoms. The minimum absolute atomic E-state index is 0.0509. The van der Waals surface area contributed by atoms with E-state index in [4.69, 9.17) is 9.47 Å². The Morgan fingerprint density at radius 1 is 0.968 bits per heavy atom. The number of carbonyl (C=O) groups is 2. The summed E-state index contributed by atoms with van der Waals surface area (Å²) in [5.74, 6) is 2.04. The Labute approximate surface area is 182 Å². The second-order valence-corrected chi connectivity index (χ2v) is 8.82. The van der Waals surface area contributed by atoms with Gasteiger partial charge in [-0.25, -0.2) is 0 Å². The first-order valence-corrected chi connectivity index (χ1v) is 11.1. The molecule has 31 heavy (non-hydrogen) atoms. The zero-order valence-electron chi connectivity index (χ0n) is 17.7. The molecule has 2 amide bonds. The molecular formula is C25H28N2O4. The van der Waals surface area contributed by atoms with Gasteiger partial charge in [0.1, 0.15) is 0 Å². The molecule has 0 radical (unpaired) electrons. The van der Waals surface area contributed by atoms with Gasteiger partial charge in [-0.05, 0) is 48.4 Å². The molecule has 1 atom stereocenters. The lowest BCUT2D eigenvalue weighted by atomic mass is 9.89. The van der Waals surface area contributed by atoms with E-state index in [-0.39, 0.29) is 24.5 Å². The second-order valence-electron chi connectivity index (χ2n) is 8.82. The summed E-state index contributed by atoms with van der Waals surface area (Å²) in [5, 5.41) is 0. The molecule has 0 saturated carbocycles. The molecule has 1 unspecified atom stereocenters. The van der Waals surface area contributed by atoms with Gasteiger partial charge in [0.05, 0.1) is 5.92 Å². The van der Waals surface area contributed by atoms with Crippen molar-refractivity contribution in [3.05, 3.63) is 59.7 Å². The molecule has 162 valence electrons. The average molecular weight is 421 g/mol. The predicted octanol–water partition coefficient (Wildman–Crippen LogP) is 3.25. The highest BCUT2D eigenvalue weighted by molar-refractivity contribution is 5.89. The van der Waals surface area contributed by atoms with Crippen LogP contribution in [0.3, 0.4) is 0 Å². The Kier molecular flexibility index (Phi) is 5.53. The number of likely N-dealkylation sites (tertiary alicyclic amines) is 2. The van der Waals surface area contributed by atoms with Crippen LogP contribution in [-0.4, -0.2) is 48.0 Å². The number of carbonyl (C=O) groups excluding carboxylic acids is 2. The summed E-state index contributed by atoms with van der Waals surface area (Å²) < 4.78 is 10.8. The number of fused-ring (bicyclic) bond motifs is 1. The number of ether oxygens (including phenoxy) is 2. The first kappa shape index (κ1) is 19.9. The van der Waals surface area contributed by atoms with Gasteiger partial charge in [-0.15, -0.1) is 0 Å². The lowest BCUT2D eigenvalue weighted by Gasteiger charge is -2.33. The van der Waals surface area contributed by atoms with Crippen LogP contribution in [0.25, 0.3) is 0 Å². The minimum Gasteiger partial charge on any atom is -0.454 e. The molecule has 2 fully saturated rings. The Hall–Kier alpha value is -3.02. The van der Waals surface area contributed by atoms with Crippen molar-refractivity contribution in [3.8, 4) is 11.5 Å². The number of piperidine rings is 1. The van der Waals surface area contributed by atoms with E-state index in [2.05, 4.69) is 24.3 Å². The molecule has 2 saturated heterocycles. The monoisotopic (exact) mass is 420 g/mol. The molecule has 3 heterocycles. The van der Waals surface area contributed by atoms with Crippen molar-refractivity contribution >= 4 is 11.8 Å². The third-order valence-corrected chi connectivity index (χ3v) is 6.67. The van der Waals surface area contributed by atoms with Crippen LogP contribution in [0.4, 0.5) is 0 Å². The molecule has 5 rings (SSSR count). The van der Waals surface area contributed by atoms with Crippen LogP contribution >= 0.6 is 0 Å². The number of benzene rings is 2. The van der Waals surface area contributed by atoms with Crippen LogP contribution in [-0.2, 0) is 22.6 Å². The maximum Gasteiger partial charge on any atom is 0.231 e. The van der Waals surface area contributed by atoms with Gasteiger partial charge >= 0.3 is 0 Å². The fourth-order valence-corrected chi connectivity index (χ4v) is 4.91. The van der Waals surface area contributed by atoms with Gasteiger partial charge in [-0.3, -0.25) is 9.59 Å². The van der Waals surface area contributed by atoms with Crippen LogP contribution in [0.2, 0.25) is 0 Å². The van der Waals surface area contributed by atoms with E-state index >= 15 is 0 Å². The molecule has 6 nitrogen and oxygen atoms in total. The van der Waals surface area contributed by atoms with Gasteiger partial charge < -0.3 is 19.3 Å². The van der Waals surface area contributed by atoms with E-state index < -0.39 is 0 Å². The molecule has 0 N–H and O–H groups in total. The van der Waals surface area contributed by atoms with Crippen molar-refractivity contribution in [2.24, 2.45) is 11.8 Å². The van der Waals surface area contributed by atoms with Crippen molar-refractivity contribution in [2.75, 3.05) is 26.4 Å². The van der Waals surface area contributed by atoms with Crippen molar-refractivity contribution in [2.45, 2.75) is 32.2 Å². The molecule has 0 aliphatic carbocycles. The van der Waals surface area contributed by atoms with E-state index in [0.717, 1.165) is 49.4 Å². The largest absolute Gasteiger partial charge is 0.454 e. The Balaban J connectivity index is 1.13. The van der Waals surface area contributed by atoms with Crippen LogP contribution in [0, 0.1) is 11.8 Å². The summed E-state index contributed by atoms with van der Waals surface area (Å²) in [5.41, 5.74) is 2.36. The Morgan fingerprint density at radius 2 is 1.74 bits per heavy atom. The normalized spacial score (nSPS) is 21.0. The fourth-order valence-electron chi connectivity index (χ4n) is 4.91. The average Bonchev–Trinajstić information content (AvgIpc) is 3.41. The highest BCUT2D eigenvalue weighted by Gasteiger charge is 2.37. The Morgan fingerprint density at radius 3 is 2.55 bits per heavy atom. The number of hydrogen-bond donors (Lipinski definition) is 0. The summed E-state index contributed by atoms with van der Waals surface area (Å²) in [6.07, 6.45) is 3.45. The molecule has 3 aliphatic heterocycles. The highest BCUT2D eigenvalue weighted by Crippen LogP contribution is 2.33. The number of rotatable bonds is 5. The van der Waals surface area contributed by atoms with Crippen LogP contribution in [0.5, 0.6) is 11.5 Å². The Bertz CT molecular complexity index is 953. The maximum atomic E-state index is 13.1. The molecule has 3 aliphatic rings. The number of nitrogens with zero attached hydrogens (tertiary/aromatic N) is 2. The maximum absolute atomic E-state index is 13.1. The zero-order chi connectivity index (χ0) is 21.2. The molecular weight excluding hydrogens is 392 g/mol. The molecule has 0 bridgehead atoms. The van der Waals surface area contributed by atoms with E-state index in [1.165, 1.54) is 5.56 Å². The van der Waals surface area contributed by atoms with Crippen LogP contribution < -0.4 is 9.47 Å².